The first-order chi connectivity index (χ1) is 15.3. The zero-order valence-corrected chi connectivity index (χ0v) is 17.4. The van der Waals surface area contributed by atoms with Crippen molar-refractivity contribution in [1.29, 1.82) is 0 Å². The normalized spacial score (nSPS) is 14.5. The van der Waals surface area contributed by atoms with Crippen molar-refractivity contribution in [1.82, 2.24) is 19.4 Å². The summed E-state index contributed by atoms with van der Waals surface area (Å²) in [6, 6.07) is 10.4. The predicted molar refractivity (Wildman–Crippen MR) is 123 cm³/mol. The fourth-order valence-electron chi connectivity index (χ4n) is 3.94. The van der Waals surface area contributed by atoms with Gasteiger partial charge in [-0.15, -0.1) is 11.3 Å². The van der Waals surface area contributed by atoms with E-state index in [9.17, 15) is 5.11 Å². The van der Waals surface area contributed by atoms with Gasteiger partial charge in [-0.2, -0.15) is 0 Å². The lowest BCUT2D eigenvalue weighted by Gasteiger charge is -2.28. The Kier molecular flexibility index (Phi) is 4.29. The molecule has 0 spiro atoms. The standard InChI is InChI=1S/C22H20N6O2S/c29-22-19-14(12-25-22)11-18(31-19)17-13-24-20(21-23-5-6-28(17)21)26-15-1-3-16(4-2-15)27-7-9-30-10-8-27/h1-6,11-13,25,29H,7-10H2,(H,24,26). The Morgan fingerprint density at radius 3 is 2.77 bits per heavy atom. The number of aromatic hydroxyl groups is 1. The summed E-state index contributed by atoms with van der Waals surface area (Å²) in [6.07, 6.45) is 7.34. The highest BCUT2D eigenvalue weighted by molar-refractivity contribution is 7.22. The molecule has 0 bridgehead atoms. The fraction of sp³-hybridized carbons (Fsp3) is 0.182. The first kappa shape index (κ1) is 18.2. The van der Waals surface area contributed by atoms with E-state index in [1.165, 1.54) is 17.0 Å². The van der Waals surface area contributed by atoms with E-state index in [-0.39, 0.29) is 5.88 Å². The zero-order valence-electron chi connectivity index (χ0n) is 16.6. The molecule has 6 rings (SSSR count). The Labute approximate surface area is 181 Å². The van der Waals surface area contributed by atoms with Crippen molar-refractivity contribution in [3.8, 4) is 16.5 Å². The van der Waals surface area contributed by atoms with Gasteiger partial charge >= 0.3 is 0 Å². The lowest BCUT2D eigenvalue weighted by atomic mass is 10.2. The summed E-state index contributed by atoms with van der Waals surface area (Å²) in [5, 5.41) is 14.3. The van der Waals surface area contributed by atoms with Crippen LogP contribution in [-0.2, 0) is 4.74 Å². The van der Waals surface area contributed by atoms with Gasteiger partial charge < -0.3 is 25.0 Å². The maximum Gasteiger partial charge on any atom is 0.206 e. The van der Waals surface area contributed by atoms with Crippen LogP contribution in [0.5, 0.6) is 5.88 Å². The van der Waals surface area contributed by atoms with E-state index >= 15 is 0 Å². The second kappa shape index (κ2) is 7.29. The van der Waals surface area contributed by atoms with Gasteiger partial charge in [0.05, 0.1) is 34.7 Å². The van der Waals surface area contributed by atoms with E-state index in [0.29, 0.717) is 5.82 Å². The van der Waals surface area contributed by atoms with E-state index in [0.717, 1.165) is 58.3 Å². The Balaban J connectivity index is 1.30. The van der Waals surface area contributed by atoms with Crippen LogP contribution in [0, 0.1) is 0 Å². The number of nitrogens with one attached hydrogen (secondary N) is 2. The van der Waals surface area contributed by atoms with Gasteiger partial charge in [0.25, 0.3) is 0 Å². The van der Waals surface area contributed by atoms with Gasteiger partial charge in [-0.05, 0) is 30.3 Å². The van der Waals surface area contributed by atoms with Crippen LogP contribution < -0.4 is 10.2 Å². The molecular formula is C22H20N6O2S. The third kappa shape index (κ3) is 3.18. The number of morpholine rings is 1. The average Bonchev–Trinajstić information content (AvgIpc) is 3.53. The Bertz CT molecular complexity index is 1360. The maximum absolute atomic E-state index is 9.96. The van der Waals surface area contributed by atoms with Gasteiger partial charge in [0.15, 0.2) is 11.5 Å². The molecule has 9 heteroatoms. The molecule has 0 amide bonds. The molecule has 5 heterocycles. The molecule has 0 saturated carbocycles. The number of aromatic amines is 1. The Morgan fingerprint density at radius 1 is 1.13 bits per heavy atom. The molecule has 31 heavy (non-hydrogen) atoms. The number of anilines is 3. The highest BCUT2D eigenvalue weighted by Crippen LogP contribution is 2.38. The van der Waals surface area contributed by atoms with Crippen LogP contribution in [0.3, 0.4) is 0 Å². The second-order valence-corrected chi connectivity index (χ2v) is 8.47. The molecule has 1 fully saturated rings. The molecule has 8 nitrogen and oxygen atoms in total. The van der Waals surface area contributed by atoms with Crippen LogP contribution >= 0.6 is 11.3 Å². The molecule has 0 unspecified atom stereocenters. The Hall–Kier alpha value is -3.56. The summed E-state index contributed by atoms with van der Waals surface area (Å²) < 4.78 is 8.29. The second-order valence-electron chi connectivity index (χ2n) is 7.42. The molecule has 0 aliphatic carbocycles. The summed E-state index contributed by atoms with van der Waals surface area (Å²) >= 11 is 1.52. The van der Waals surface area contributed by atoms with E-state index < -0.39 is 0 Å². The number of hydrogen-bond donors (Lipinski definition) is 3. The number of ether oxygens (including phenoxy) is 1. The van der Waals surface area contributed by atoms with Gasteiger partial charge in [-0.25, -0.2) is 9.97 Å². The number of imidazole rings is 1. The number of H-pyrrole nitrogens is 1. The van der Waals surface area contributed by atoms with Gasteiger partial charge in [0.1, 0.15) is 0 Å². The minimum absolute atomic E-state index is 0.194. The van der Waals surface area contributed by atoms with Gasteiger partial charge in [-0.1, -0.05) is 0 Å². The molecule has 1 aliphatic rings. The predicted octanol–water partition coefficient (Wildman–Crippen LogP) is 4.22. The molecule has 3 N–H and O–H groups in total. The zero-order chi connectivity index (χ0) is 20.8. The average molecular weight is 433 g/mol. The third-order valence-corrected chi connectivity index (χ3v) is 6.71. The topological polar surface area (TPSA) is 90.7 Å². The van der Waals surface area contributed by atoms with Crippen LogP contribution in [0.4, 0.5) is 17.2 Å². The molecule has 1 aliphatic heterocycles. The summed E-state index contributed by atoms with van der Waals surface area (Å²) in [5.74, 6) is 0.888. The number of fused-ring (bicyclic) bond motifs is 2. The molecule has 1 saturated heterocycles. The van der Waals surface area contributed by atoms with E-state index in [4.69, 9.17) is 4.74 Å². The number of thiophene rings is 1. The van der Waals surface area contributed by atoms with Crippen LogP contribution in [0.1, 0.15) is 0 Å². The number of rotatable bonds is 4. The highest BCUT2D eigenvalue weighted by Gasteiger charge is 2.15. The van der Waals surface area contributed by atoms with Crippen LogP contribution in [0.2, 0.25) is 0 Å². The van der Waals surface area contributed by atoms with Gasteiger partial charge in [0.2, 0.25) is 5.88 Å². The van der Waals surface area contributed by atoms with Crippen LogP contribution in [-0.4, -0.2) is 50.8 Å². The first-order valence-corrected chi connectivity index (χ1v) is 10.9. The van der Waals surface area contributed by atoms with Crippen molar-refractivity contribution in [3.05, 3.63) is 55.1 Å². The summed E-state index contributed by atoms with van der Waals surface area (Å²) in [7, 11) is 0. The third-order valence-electron chi connectivity index (χ3n) is 5.53. The molecular weight excluding hydrogens is 412 g/mol. The SMILES string of the molecule is Oc1[nH]cc2cc(-c3cnc(Nc4ccc(N5CCOCC5)cc4)c4nccn34)sc12. The lowest BCUT2D eigenvalue weighted by molar-refractivity contribution is 0.122. The van der Waals surface area contributed by atoms with Crippen molar-refractivity contribution in [2.45, 2.75) is 0 Å². The van der Waals surface area contributed by atoms with Crippen molar-refractivity contribution in [2.24, 2.45) is 0 Å². The monoisotopic (exact) mass is 432 g/mol. The fourth-order valence-corrected chi connectivity index (χ4v) is 4.99. The molecule has 156 valence electrons. The van der Waals surface area contributed by atoms with Crippen molar-refractivity contribution < 1.29 is 9.84 Å². The summed E-state index contributed by atoms with van der Waals surface area (Å²) in [6.45, 7) is 3.38. The minimum Gasteiger partial charge on any atom is -0.494 e. The van der Waals surface area contributed by atoms with Crippen molar-refractivity contribution in [2.75, 3.05) is 36.5 Å². The molecule has 5 aromatic rings. The lowest BCUT2D eigenvalue weighted by Crippen LogP contribution is -2.36. The van der Waals surface area contributed by atoms with Crippen molar-refractivity contribution >= 4 is 44.3 Å². The smallest absolute Gasteiger partial charge is 0.206 e. The van der Waals surface area contributed by atoms with Gasteiger partial charge in [-0.3, -0.25) is 4.40 Å². The van der Waals surface area contributed by atoms with Crippen LogP contribution in [0.15, 0.2) is 55.1 Å². The molecule has 0 radical (unpaired) electrons. The molecule has 4 aromatic heterocycles. The number of hydrogen-bond acceptors (Lipinski definition) is 7. The maximum atomic E-state index is 9.96. The largest absolute Gasteiger partial charge is 0.494 e. The van der Waals surface area contributed by atoms with E-state index in [2.05, 4.69) is 49.4 Å². The first-order valence-electron chi connectivity index (χ1n) is 10.1. The number of aromatic nitrogens is 4. The van der Waals surface area contributed by atoms with E-state index in [1.54, 1.807) is 12.4 Å². The number of nitrogens with zero attached hydrogens (tertiary/aromatic N) is 4. The molecule has 1 aromatic carbocycles. The number of benzene rings is 1. The minimum atomic E-state index is 0.194. The Morgan fingerprint density at radius 2 is 1.97 bits per heavy atom. The highest BCUT2D eigenvalue weighted by atomic mass is 32.1. The van der Waals surface area contributed by atoms with Crippen LogP contribution in [0.25, 0.3) is 26.3 Å². The van der Waals surface area contributed by atoms with E-state index in [1.807, 2.05) is 22.9 Å². The van der Waals surface area contributed by atoms with Gasteiger partial charge in [0, 0.05) is 48.4 Å². The quantitative estimate of drug-likeness (QED) is 0.394. The summed E-state index contributed by atoms with van der Waals surface area (Å²) in [4.78, 5) is 15.4. The summed E-state index contributed by atoms with van der Waals surface area (Å²) in [5.41, 5.74) is 3.83. The molecule has 0 atom stereocenters. The van der Waals surface area contributed by atoms with Crippen molar-refractivity contribution in [3.63, 3.8) is 0 Å².